The molecule has 0 aliphatic heterocycles. The number of carbonyl (C=O) groups excluding carboxylic acids is 1. The van der Waals surface area contributed by atoms with Gasteiger partial charge in [0.25, 0.3) is 0 Å². The van der Waals surface area contributed by atoms with Gasteiger partial charge in [0, 0.05) is 18.4 Å². The molecule has 0 unspecified atom stereocenters. The standard InChI is InChI=1S/C22H23ClN2O/c23-19-11-10-16(13-17(26)12-15-6-2-1-3-7-15)14-18(19)22-24-20-8-4-5-9-21(20)25-22/h4-5,8-11,14-15H,1-3,6-7,12-13H2,(H,24,25). The molecule has 3 aromatic rings. The summed E-state index contributed by atoms with van der Waals surface area (Å²) in [5.41, 5.74) is 3.76. The second kappa shape index (κ2) is 7.63. The van der Waals surface area contributed by atoms with E-state index in [-0.39, 0.29) is 0 Å². The molecule has 1 fully saturated rings. The van der Waals surface area contributed by atoms with Gasteiger partial charge in [0.15, 0.2) is 0 Å². The quantitative estimate of drug-likeness (QED) is 0.605. The summed E-state index contributed by atoms with van der Waals surface area (Å²) in [6.07, 6.45) is 7.46. The Bertz CT molecular complexity index is 892. The largest absolute Gasteiger partial charge is 0.338 e. The molecule has 0 spiro atoms. The first-order chi connectivity index (χ1) is 12.7. The predicted octanol–water partition coefficient (Wildman–Crippen LogP) is 5.97. The normalized spacial score (nSPS) is 15.4. The molecule has 0 saturated heterocycles. The number of Topliss-reactive ketones (excluding diaryl/α,β-unsaturated/α-hetero) is 1. The Hall–Kier alpha value is -2.13. The van der Waals surface area contributed by atoms with Gasteiger partial charge in [-0.25, -0.2) is 4.98 Å². The summed E-state index contributed by atoms with van der Waals surface area (Å²) in [7, 11) is 0. The number of nitrogens with zero attached hydrogens (tertiary/aromatic N) is 1. The van der Waals surface area contributed by atoms with E-state index in [0.29, 0.717) is 29.6 Å². The number of hydrogen-bond acceptors (Lipinski definition) is 2. The number of carbonyl (C=O) groups is 1. The van der Waals surface area contributed by atoms with Gasteiger partial charge in [0.05, 0.1) is 16.1 Å². The molecule has 0 amide bonds. The van der Waals surface area contributed by atoms with E-state index in [1.54, 1.807) is 0 Å². The first kappa shape index (κ1) is 17.3. The van der Waals surface area contributed by atoms with Gasteiger partial charge in [-0.3, -0.25) is 4.79 Å². The van der Waals surface area contributed by atoms with E-state index < -0.39 is 0 Å². The Morgan fingerprint density at radius 2 is 1.92 bits per heavy atom. The lowest BCUT2D eigenvalue weighted by molar-refractivity contribution is -0.119. The third kappa shape index (κ3) is 3.83. The lowest BCUT2D eigenvalue weighted by Gasteiger charge is -2.20. The SMILES string of the molecule is O=C(Cc1ccc(Cl)c(-c2nc3ccccc3[nH]2)c1)CC1CCCCC1. The second-order valence-electron chi connectivity index (χ2n) is 7.34. The van der Waals surface area contributed by atoms with Gasteiger partial charge >= 0.3 is 0 Å². The molecular formula is C22H23ClN2O. The second-order valence-corrected chi connectivity index (χ2v) is 7.75. The topological polar surface area (TPSA) is 45.8 Å². The molecule has 4 heteroatoms. The maximum atomic E-state index is 12.5. The van der Waals surface area contributed by atoms with E-state index >= 15 is 0 Å². The highest BCUT2D eigenvalue weighted by molar-refractivity contribution is 6.33. The zero-order valence-electron chi connectivity index (χ0n) is 14.8. The van der Waals surface area contributed by atoms with Gasteiger partial charge in [0.2, 0.25) is 0 Å². The van der Waals surface area contributed by atoms with Crippen molar-refractivity contribution in [3.8, 4) is 11.4 Å². The molecule has 134 valence electrons. The molecule has 26 heavy (non-hydrogen) atoms. The van der Waals surface area contributed by atoms with Gasteiger partial charge in [-0.2, -0.15) is 0 Å². The molecule has 0 radical (unpaired) electrons. The highest BCUT2D eigenvalue weighted by atomic mass is 35.5. The van der Waals surface area contributed by atoms with Crippen LogP contribution in [0.1, 0.15) is 44.1 Å². The minimum absolute atomic E-state index is 0.328. The van der Waals surface area contributed by atoms with Crippen molar-refractivity contribution in [2.75, 3.05) is 0 Å². The van der Waals surface area contributed by atoms with Gasteiger partial charge < -0.3 is 4.98 Å². The van der Waals surface area contributed by atoms with Gasteiger partial charge in [-0.15, -0.1) is 0 Å². The van der Waals surface area contributed by atoms with Crippen LogP contribution < -0.4 is 0 Å². The maximum Gasteiger partial charge on any atom is 0.140 e. The molecule has 0 atom stereocenters. The highest BCUT2D eigenvalue weighted by Crippen LogP contribution is 2.30. The molecule has 1 saturated carbocycles. The number of halogens is 1. The summed E-state index contributed by atoms with van der Waals surface area (Å²) < 4.78 is 0. The van der Waals surface area contributed by atoms with Crippen LogP contribution in [0.3, 0.4) is 0 Å². The summed E-state index contributed by atoms with van der Waals surface area (Å²) in [4.78, 5) is 20.4. The van der Waals surface area contributed by atoms with E-state index in [1.807, 2.05) is 42.5 Å². The van der Waals surface area contributed by atoms with Gasteiger partial charge in [-0.05, 0) is 35.7 Å². The number of aromatic amines is 1. The fourth-order valence-electron chi connectivity index (χ4n) is 3.96. The number of aromatic nitrogens is 2. The molecule has 1 aliphatic carbocycles. The molecule has 4 rings (SSSR count). The average Bonchev–Trinajstić information content (AvgIpc) is 3.08. The lowest BCUT2D eigenvalue weighted by Crippen LogP contribution is -2.13. The van der Waals surface area contributed by atoms with E-state index in [4.69, 9.17) is 11.6 Å². The highest BCUT2D eigenvalue weighted by Gasteiger charge is 2.18. The number of imidazole rings is 1. The maximum absolute atomic E-state index is 12.5. The fraction of sp³-hybridized carbons (Fsp3) is 0.364. The van der Waals surface area contributed by atoms with Gasteiger partial charge in [-0.1, -0.05) is 61.9 Å². The average molecular weight is 367 g/mol. The van der Waals surface area contributed by atoms with Crippen molar-refractivity contribution >= 4 is 28.4 Å². The summed E-state index contributed by atoms with van der Waals surface area (Å²) in [5.74, 6) is 1.66. The Kier molecular flexibility index (Phi) is 5.07. The summed E-state index contributed by atoms with van der Waals surface area (Å²) in [6, 6.07) is 13.7. The number of para-hydroxylation sites is 2. The lowest BCUT2D eigenvalue weighted by atomic mass is 9.85. The Labute approximate surface area is 158 Å². The van der Waals surface area contributed by atoms with Gasteiger partial charge in [0.1, 0.15) is 11.6 Å². The van der Waals surface area contributed by atoms with Crippen LogP contribution in [0.2, 0.25) is 5.02 Å². The molecule has 3 nitrogen and oxygen atoms in total. The number of benzene rings is 2. The van der Waals surface area contributed by atoms with Crippen molar-refractivity contribution in [1.29, 1.82) is 0 Å². The first-order valence-electron chi connectivity index (χ1n) is 9.44. The van der Waals surface area contributed by atoms with Crippen LogP contribution in [0.4, 0.5) is 0 Å². The molecule has 1 aliphatic rings. The zero-order valence-corrected chi connectivity index (χ0v) is 15.6. The van der Waals surface area contributed by atoms with Crippen LogP contribution in [-0.4, -0.2) is 15.8 Å². The summed E-state index contributed by atoms with van der Waals surface area (Å²) in [6.45, 7) is 0. The van der Waals surface area contributed by atoms with E-state index in [1.165, 1.54) is 32.1 Å². The van der Waals surface area contributed by atoms with Crippen molar-refractivity contribution in [2.45, 2.75) is 44.9 Å². The number of ketones is 1. The monoisotopic (exact) mass is 366 g/mol. The Balaban J connectivity index is 1.53. The van der Waals surface area contributed by atoms with Crippen LogP contribution in [0, 0.1) is 5.92 Å². The van der Waals surface area contributed by atoms with E-state index in [2.05, 4.69) is 9.97 Å². The molecule has 2 aromatic carbocycles. The van der Waals surface area contributed by atoms with E-state index in [0.717, 1.165) is 28.0 Å². The van der Waals surface area contributed by atoms with Crippen molar-refractivity contribution in [3.63, 3.8) is 0 Å². The molecular weight excluding hydrogens is 344 g/mol. The molecule has 1 aromatic heterocycles. The minimum Gasteiger partial charge on any atom is -0.338 e. The molecule has 0 bridgehead atoms. The van der Waals surface area contributed by atoms with Crippen LogP contribution in [-0.2, 0) is 11.2 Å². The number of rotatable bonds is 5. The minimum atomic E-state index is 0.328. The fourth-order valence-corrected chi connectivity index (χ4v) is 4.16. The van der Waals surface area contributed by atoms with Crippen molar-refractivity contribution in [2.24, 2.45) is 5.92 Å². The number of fused-ring (bicyclic) bond motifs is 1. The summed E-state index contributed by atoms with van der Waals surface area (Å²) >= 11 is 6.41. The smallest absolute Gasteiger partial charge is 0.140 e. The number of hydrogen-bond donors (Lipinski definition) is 1. The number of nitrogens with one attached hydrogen (secondary N) is 1. The van der Waals surface area contributed by atoms with Crippen molar-refractivity contribution in [3.05, 3.63) is 53.1 Å². The third-order valence-electron chi connectivity index (χ3n) is 5.32. The summed E-state index contributed by atoms with van der Waals surface area (Å²) in [5, 5.41) is 0.646. The van der Waals surface area contributed by atoms with Crippen LogP contribution >= 0.6 is 11.6 Å². The van der Waals surface area contributed by atoms with Crippen LogP contribution in [0.25, 0.3) is 22.4 Å². The first-order valence-corrected chi connectivity index (χ1v) is 9.82. The van der Waals surface area contributed by atoms with Crippen LogP contribution in [0.15, 0.2) is 42.5 Å². The van der Waals surface area contributed by atoms with Crippen molar-refractivity contribution < 1.29 is 4.79 Å². The molecule has 1 heterocycles. The Morgan fingerprint density at radius 1 is 1.12 bits per heavy atom. The zero-order chi connectivity index (χ0) is 17.9. The van der Waals surface area contributed by atoms with Crippen LogP contribution in [0.5, 0.6) is 0 Å². The predicted molar refractivity (Wildman–Crippen MR) is 106 cm³/mol. The van der Waals surface area contributed by atoms with E-state index in [9.17, 15) is 4.79 Å². The Morgan fingerprint density at radius 3 is 2.73 bits per heavy atom. The number of H-pyrrole nitrogens is 1. The third-order valence-corrected chi connectivity index (χ3v) is 5.65. The van der Waals surface area contributed by atoms with Crippen molar-refractivity contribution in [1.82, 2.24) is 9.97 Å². The molecule has 1 N–H and O–H groups in total.